The molecule has 1 saturated carbocycles. The fourth-order valence-corrected chi connectivity index (χ4v) is 1.08. The highest BCUT2D eigenvalue weighted by Crippen LogP contribution is 2.29. The number of ether oxygens (including phenoxy) is 1. The van der Waals surface area contributed by atoms with Gasteiger partial charge in [-0.3, -0.25) is 0 Å². The van der Waals surface area contributed by atoms with Crippen LogP contribution in [0.4, 0.5) is 0 Å². The molecular weight excluding hydrogens is 150 g/mol. The summed E-state index contributed by atoms with van der Waals surface area (Å²) in [5, 5.41) is 0. The highest BCUT2D eigenvalue weighted by atomic mass is 16.5. The zero-order valence-corrected chi connectivity index (χ0v) is 7.29. The summed E-state index contributed by atoms with van der Waals surface area (Å²) in [6, 6.07) is 3.95. The number of rotatable bonds is 3. The normalized spacial score (nSPS) is 16.1. The van der Waals surface area contributed by atoms with Crippen LogP contribution in [-0.4, -0.2) is 11.6 Å². The van der Waals surface area contributed by atoms with Gasteiger partial charge in [0, 0.05) is 12.3 Å². The number of nitrogens with zero attached hydrogens (tertiary/aromatic N) is 1. The van der Waals surface area contributed by atoms with E-state index in [-0.39, 0.29) is 0 Å². The number of aryl methyl sites for hydroxylation is 1. The van der Waals surface area contributed by atoms with E-state index in [1.807, 2.05) is 19.1 Å². The first-order valence-electron chi connectivity index (χ1n) is 4.40. The van der Waals surface area contributed by atoms with Crippen molar-refractivity contribution in [1.29, 1.82) is 0 Å². The molecule has 0 saturated heterocycles. The first-order valence-corrected chi connectivity index (χ1v) is 4.40. The Morgan fingerprint density at radius 1 is 1.58 bits per heavy atom. The molecule has 12 heavy (non-hydrogen) atoms. The average Bonchev–Trinajstić information content (AvgIpc) is 2.84. The van der Waals surface area contributed by atoms with Crippen LogP contribution >= 0.6 is 0 Å². The summed E-state index contributed by atoms with van der Waals surface area (Å²) in [7, 11) is 0. The van der Waals surface area contributed by atoms with Crippen LogP contribution < -0.4 is 4.74 Å². The maximum atomic E-state index is 5.50. The van der Waals surface area contributed by atoms with E-state index in [2.05, 4.69) is 4.98 Å². The molecule has 0 amide bonds. The number of pyridine rings is 1. The lowest BCUT2D eigenvalue weighted by Gasteiger charge is -2.03. The second kappa shape index (κ2) is 3.13. The van der Waals surface area contributed by atoms with E-state index in [9.17, 15) is 0 Å². The van der Waals surface area contributed by atoms with Crippen LogP contribution in [0.3, 0.4) is 0 Å². The Balaban J connectivity index is 1.92. The van der Waals surface area contributed by atoms with E-state index >= 15 is 0 Å². The Bertz CT molecular complexity index is 268. The van der Waals surface area contributed by atoms with Crippen molar-refractivity contribution in [1.82, 2.24) is 4.98 Å². The standard InChI is InChI=1S/C10H13NO/c1-8-4-5-11-10(6-8)12-7-9-2-3-9/h4-6,9H,2-3,7H2,1H3. The van der Waals surface area contributed by atoms with Crippen LogP contribution in [0.25, 0.3) is 0 Å². The molecule has 2 nitrogen and oxygen atoms in total. The van der Waals surface area contributed by atoms with Gasteiger partial charge in [-0.15, -0.1) is 0 Å². The summed E-state index contributed by atoms with van der Waals surface area (Å²) in [6.45, 7) is 2.89. The van der Waals surface area contributed by atoms with E-state index in [1.165, 1.54) is 18.4 Å². The van der Waals surface area contributed by atoms with Gasteiger partial charge in [-0.05, 0) is 37.3 Å². The predicted molar refractivity (Wildman–Crippen MR) is 47.2 cm³/mol. The predicted octanol–water partition coefficient (Wildman–Crippen LogP) is 2.18. The number of hydrogen-bond acceptors (Lipinski definition) is 2. The van der Waals surface area contributed by atoms with Gasteiger partial charge < -0.3 is 4.74 Å². The molecule has 1 aromatic rings. The maximum absolute atomic E-state index is 5.50. The van der Waals surface area contributed by atoms with Crippen molar-refractivity contribution >= 4 is 0 Å². The van der Waals surface area contributed by atoms with Gasteiger partial charge in [0.25, 0.3) is 0 Å². The molecule has 1 aromatic heterocycles. The molecule has 0 atom stereocenters. The smallest absolute Gasteiger partial charge is 0.213 e. The maximum Gasteiger partial charge on any atom is 0.213 e. The van der Waals surface area contributed by atoms with E-state index in [1.54, 1.807) is 6.20 Å². The summed E-state index contributed by atoms with van der Waals surface area (Å²) in [5.74, 6) is 1.56. The first-order chi connectivity index (χ1) is 5.84. The Morgan fingerprint density at radius 2 is 2.42 bits per heavy atom. The second-order valence-electron chi connectivity index (χ2n) is 3.43. The molecule has 0 N–H and O–H groups in total. The minimum Gasteiger partial charge on any atom is -0.477 e. The highest BCUT2D eigenvalue weighted by molar-refractivity contribution is 5.18. The molecule has 1 aliphatic rings. The van der Waals surface area contributed by atoms with Gasteiger partial charge in [-0.2, -0.15) is 0 Å². The molecule has 0 radical (unpaired) electrons. The van der Waals surface area contributed by atoms with Crippen molar-refractivity contribution in [3.8, 4) is 5.88 Å². The van der Waals surface area contributed by atoms with E-state index in [4.69, 9.17) is 4.74 Å². The molecule has 2 rings (SSSR count). The molecule has 1 heterocycles. The minimum atomic E-state index is 0.766. The van der Waals surface area contributed by atoms with E-state index < -0.39 is 0 Å². The van der Waals surface area contributed by atoms with Crippen molar-refractivity contribution in [2.45, 2.75) is 19.8 Å². The van der Waals surface area contributed by atoms with Gasteiger partial charge in [-0.1, -0.05) is 0 Å². The molecule has 1 fully saturated rings. The summed E-state index contributed by atoms with van der Waals surface area (Å²) in [4.78, 5) is 4.12. The topological polar surface area (TPSA) is 22.1 Å². The zero-order chi connectivity index (χ0) is 8.39. The molecule has 0 aliphatic heterocycles. The van der Waals surface area contributed by atoms with E-state index in [0.29, 0.717) is 0 Å². The SMILES string of the molecule is Cc1ccnc(OCC2CC2)c1. The van der Waals surface area contributed by atoms with Crippen molar-refractivity contribution in [2.24, 2.45) is 5.92 Å². The Kier molecular flexibility index (Phi) is 1.98. The van der Waals surface area contributed by atoms with Crippen LogP contribution in [0, 0.1) is 12.8 Å². The van der Waals surface area contributed by atoms with Crippen molar-refractivity contribution in [2.75, 3.05) is 6.61 Å². The molecule has 0 bridgehead atoms. The van der Waals surface area contributed by atoms with Crippen LogP contribution in [0.1, 0.15) is 18.4 Å². The zero-order valence-electron chi connectivity index (χ0n) is 7.29. The van der Waals surface area contributed by atoms with Crippen molar-refractivity contribution < 1.29 is 4.74 Å². The molecular formula is C10H13NO. The highest BCUT2D eigenvalue weighted by Gasteiger charge is 2.21. The number of hydrogen-bond donors (Lipinski definition) is 0. The Morgan fingerprint density at radius 3 is 3.08 bits per heavy atom. The van der Waals surface area contributed by atoms with Gasteiger partial charge in [0.2, 0.25) is 5.88 Å². The molecule has 0 spiro atoms. The third-order valence-electron chi connectivity index (χ3n) is 2.05. The summed E-state index contributed by atoms with van der Waals surface area (Å²) >= 11 is 0. The largest absolute Gasteiger partial charge is 0.477 e. The molecule has 1 aliphatic carbocycles. The molecule has 64 valence electrons. The number of aromatic nitrogens is 1. The fourth-order valence-electron chi connectivity index (χ4n) is 1.08. The van der Waals surface area contributed by atoms with E-state index in [0.717, 1.165) is 18.4 Å². The van der Waals surface area contributed by atoms with Crippen molar-refractivity contribution in [3.63, 3.8) is 0 Å². The van der Waals surface area contributed by atoms with Crippen molar-refractivity contribution in [3.05, 3.63) is 23.9 Å². The van der Waals surface area contributed by atoms with Crippen LogP contribution in [0.15, 0.2) is 18.3 Å². The lowest BCUT2D eigenvalue weighted by Crippen LogP contribution is -2.00. The van der Waals surface area contributed by atoms with Crippen LogP contribution in [0.5, 0.6) is 5.88 Å². The van der Waals surface area contributed by atoms with Crippen LogP contribution in [-0.2, 0) is 0 Å². The second-order valence-corrected chi connectivity index (χ2v) is 3.43. The first kappa shape index (κ1) is 7.59. The third kappa shape index (κ3) is 1.97. The molecule has 2 heteroatoms. The van der Waals surface area contributed by atoms with Crippen LogP contribution in [0.2, 0.25) is 0 Å². The summed E-state index contributed by atoms with van der Waals surface area (Å²) in [6.07, 6.45) is 4.44. The lowest BCUT2D eigenvalue weighted by atomic mass is 10.3. The minimum absolute atomic E-state index is 0.766. The van der Waals surface area contributed by atoms with Gasteiger partial charge in [0.15, 0.2) is 0 Å². The van der Waals surface area contributed by atoms with Gasteiger partial charge in [-0.25, -0.2) is 4.98 Å². The van der Waals surface area contributed by atoms with Gasteiger partial charge >= 0.3 is 0 Å². The average molecular weight is 163 g/mol. The summed E-state index contributed by atoms with van der Waals surface area (Å²) in [5.41, 5.74) is 1.20. The molecule has 0 unspecified atom stereocenters. The van der Waals surface area contributed by atoms with Gasteiger partial charge in [0.1, 0.15) is 0 Å². The monoisotopic (exact) mass is 163 g/mol. The summed E-state index contributed by atoms with van der Waals surface area (Å²) < 4.78 is 5.50. The molecule has 0 aromatic carbocycles. The van der Waals surface area contributed by atoms with Gasteiger partial charge in [0.05, 0.1) is 6.61 Å². The third-order valence-corrected chi connectivity index (χ3v) is 2.05. The Hall–Kier alpha value is -1.05. The fraction of sp³-hybridized carbons (Fsp3) is 0.500. The Labute approximate surface area is 72.6 Å². The lowest BCUT2D eigenvalue weighted by molar-refractivity contribution is 0.288. The quantitative estimate of drug-likeness (QED) is 0.681.